The fourth-order valence-electron chi connectivity index (χ4n) is 3.68. The molecule has 5 heteroatoms. The van der Waals surface area contributed by atoms with Crippen LogP contribution in [0, 0.1) is 5.82 Å². The highest BCUT2D eigenvalue weighted by Crippen LogP contribution is 2.20. The summed E-state index contributed by atoms with van der Waals surface area (Å²) in [6, 6.07) is 20.7. The van der Waals surface area contributed by atoms with Crippen molar-refractivity contribution in [3.8, 4) is 0 Å². The second-order valence-electron chi connectivity index (χ2n) is 7.10. The average Bonchev–Trinajstić information content (AvgIpc) is 2.74. The Labute approximate surface area is 164 Å². The summed E-state index contributed by atoms with van der Waals surface area (Å²) in [5.41, 5.74) is 1.36. The number of para-hydroxylation sites is 1. The highest BCUT2D eigenvalue weighted by atomic mass is 19.1. The van der Waals surface area contributed by atoms with Crippen LogP contribution in [0.3, 0.4) is 0 Å². The van der Waals surface area contributed by atoms with E-state index in [1.807, 2.05) is 54.6 Å². The maximum atomic E-state index is 13.9. The number of anilines is 1. The van der Waals surface area contributed by atoms with Crippen LogP contribution in [0.5, 0.6) is 0 Å². The topological polar surface area (TPSA) is 35.6 Å². The van der Waals surface area contributed by atoms with Crippen molar-refractivity contribution in [2.24, 2.45) is 0 Å². The molecule has 3 aromatic carbocycles. The van der Waals surface area contributed by atoms with Crippen molar-refractivity contribution in [2.75, 3.05) is 44.2 Å². The monoisotopic (exact) mass is 377 g/mol. The van der Waals surface area contributed by atoms with E-state index in [1.165, 1.54) is 6.07 Å². The number of rotatable bonds is 5. The molecule has 144 valence electrons. The second kappa shape index (κ2) is 8.40. The van der Waals surface area contributed by atoms with Crippen molar-refractivity contribution < 1.29 is 9.18 Å². The van der Waals surface area contributed by atoms with Crippen LogP contribution in [0.2, 0.25) is 0 Å². The number of benzene rings is 3. The zero-order chi connectivity index (χ0) is 19.3. The van der Waals surface area contributed by atoms with Crippen LogP contribution in [0.4, 0.5) is 10.1 Å². The van der Waals surface area contributed by atoms with Crippen LogP contribution in [-0.2, 0) is 0 Å². The smallest absolute Gasteiger partial charge is 0.251 e. The van der Waals surface area contributed by atoms with E-state index in [4.69, 9.17) is 0 Å². The molecule has 0 saturated carbocycles. The molecule has 1 heterocycles. The molecule has 1 aliphatic rings. The van der Waals surface area contributed by atoms with Gasteiger partial charge in [0.1, 0.15) is 5.82 Å². The Morgan fingerprint density at radius 1 is 0.893 bits per heavy atom. The first-order chi connectivity index (χ1) is 13.7. The van der Waals surface area contributed by atoms with Crippen LogP contribution in [0.15, 0.2) is 66.7 Å². The summed E-state index contributed by atoms with van der Waals surface area (Å²) < 4.78 is 13.9. The number of amides is 1. The van der Waals surface area contributed by atoms with Crippen molar-refractivity contribution in [1.29, 1.82) is 0 Å². The van der Waals surface area contributed by atoms with E-state index in [1.54, 1.807) is 6.07 Å². The van der Waals surface area contributed by atoms with E-state index in [9.17, 15) is 9.18 Å². The Morgan fingerprint density at radius 3 is 2.39 bits per heavy atom. The van der Waals surface area contributed by atoms with E-state index < -0.39 is 0 Å². The van der Waals surface area contributed by atoms with Gasteiger partial charge in [-0.1, -0.05) is 42.5 Å². The van der Waals surface area contributed by atoms with E-state index in [0.29, 0.717) is 17.8 Å². The molecule has 0 atom stereocenters. The fraction of sp³-hybridized carbons (Fsp3) is 0.261. The van der Waals surface area contributed by atoms with Gasteiger partial charge in [-0.2, -0.15) is 0 Å². The Morgan fingerprint density at radius 2 is 1.61 bits per heavy atom. The van der Waals surface area contributed by atoms with Crippen molar-refractivity contribution in [3.05, 3.63) is 78.1 Å². The van der Waals surface area contributed by atoms with Gasteiger partial charge in [0, 0.05) is 44.8 Å². The molecule has 0 aliphatic carbocycles. The first-order valence-electron chi connectivity index (χ1n) is 9.69. The van der Waals surface area contributed by atoms with Crippen LogP contribution in [0.25, 0.3) is 10.8 Å². The van der Waals surface area contributed by atoms with Crippen molar-refractivity contribution in [2.45, 2.75) is 0 Å². The molecule has 0 bridgehead atoms. The third-order valence-corrected chi connectivity index (χ3v) is 5.29. The lowest BCUT2D eigenvalue weighted by molar-refractivity contribution is 0.0948. The maximum Gasteiger partial charge on any atom is 0.251 e. The SMILES string of the molecule is O=C(NCCN1CCN(c2ccccc2F)CC1)c1ccc2ccccc2c1. The van der Waals surface area contributed by atoms with Gasteiger partial charge in [-0.3, -0.25) is 9.69 Å². The standard InChI is InChI=1S/C23H24FN3O/c24-21-7-3-4-8-22(21)27-15-13-26(14-16-27)12-11-25-23(28)20-10-9-18-5-1-2-6-19(18)17-20/h1-10,17H,11-16H2,(H,25,28). The van der Waals surface area contributed by atoms with Gasteiger partial charge in [0.15, 0.2) is 0 Å². The van der Waals surface area contributed by atoms with Gasteiger partial charge >= 0.3 is 0 Å². The number of nitrogens with one attached hydrogen (secondary N) is 1. The molecule has 3 aromatic rings. The zero-order valence-corrected chi connectivity index (χ0v) is 15.8. The van der Waals surface area contributed by atoms with Gasteiger partial charge < -0.3 is 10.2 Å². The molecule has 28 heavy (non-hydrogen) atoms. The summed E-state index contributed by atoms with van der Waals surface area (Å²) in [6.45, 7) is 4.70. The summed E-state index contributed by atoms with van der Waals surface area (Å²) in [5, 5.41) is 5.21. The van der Waals surface area contributed by atoms with Crippen LogP contribution < -0.4 is 10.2 Å². The molecular formula is C23H24FN3O. The van der Waals surface area contributed by atoms with E-state index >= 15 is 0 Å². The molecule has 1 N–H and O–H groups in total. The van der Waals surface area contributed by atoms with Crippen LogP contribution >= 0.6 is 0 Å². The van der Waals surface area contributed by atoms with E-state index in [0.717, 1.165) is 43.5 Å². The van der Waals surface area contributed by atoms with Gasteiger partial charge in [-0.05, 0) is 35.0 Å². The minimum atomic E-state index is -0.168. The quantitative estimate of drug-likeness (QED) is 0.739. The summed E-state index contributed by atoms with van der Waals surface area (Å²) in [5.74, 6) is -0.214. The van der Waals surface area contributed by atoms with Crippen molar-refractivity contribution in [1.82, 2.24) is 10.2 Å². The molecule has 4 rings (SSSR count). The van der Waals surface area contributed by atoms with Gasteiger partial charge in [0.2, 0.25) is 0 Å². The van der Waals surface area contributed by atoms with Gasteiger partial charge in [-0.15, -0.1) is 0 Å². The van der Waals surface area contributed by atoms with Crippen molar-refractivity contribution >= 4 is 22.4 Å². The normalized spacial score (nSPS) is 15.0. The molecule has 0 unspecified atom stereocenters. The maximum absolute atomic E-state index is 13.9. The van der Waals surface area contributed by atoms with Crippen LogP contribution in [0.1, 0.15) is 10.4 Å². The Balaban J connectivity index is 1.25. The first kappa shape index (κ1) is 18.4. The predicted molar refractivity (Wildman–Crippen MR) is 111 cm³/mol. The zero-order valence-electron chi connectivity index (χ0n) is 15.8. The molecule has 4 nitrogen and oxygen atoms in total. The third kappa shape index (κ3) is 4.15. The number of carbonyl (C=O) groups excluding carboxylic acids is 1. The molecule has 1 amide bonds. The number of hydrogen-bond acceptors (Lipinski definition) is 3. The van der Waals surface area contributed by atoms with Crippen molar-refractivity contribution in [3.63, 3.8) is 0 Å². The Bertz CT molecular complexity index is 967. The number of hydrogen-bond donors (Lipinski definition) is 1. The largest absolute Gasteiger partial charge is 0.367 e. The molecule has 0 spiro atoms. The summed E-state index contributed by atoms with van der Waals surface area (Å²) >= 11 is 0. The summed E-state index contributed by atoms with van der Waals surface area (Å²) in [7, 11) is 0. The van der Waals surface area contributed by atoms with E-state index in [2.05, 4.69) is 15.1 Å². The van der Waals surface area contributed by atoms with Gasteiger partial charge in [0.05, 0.1) is 5.69 Å². The predicted octanol–water partition coefficient (Wildman–Crippen LogP) is 3.53. The lowest BCUT2D eigenvalue weighted by Gasteiger charge is -2.36. The van der Waals surface area contributed by atoms with Gasteiger partial charge in [-0.25, -0.2) is 4.39 Å². The lowest BCUT2D eigenvalue weighted by atomic mass is 10.1. The number of carbonyl (C=O) groups is 1. The molecular weight excluding hydrogens is 353 g/mol. The highest BCUT2D eigenvalue weighted by molar-refractivity contribution is 5.98. The highest BCUT2D eigenvalue weighted by Gasteiger charge is 2.19. The van der Waals surface area contributed by atoms with Gasteiger partial charge in [0.25, 0.3) is 5.91 Å². The molecule has 1 saturated heterocycles. The second-order valence-corrected chi connectivity index (χ2v) is 7.10. The Kier molecular flexibility index (Phi) is 5.53. The summed E-state index contributed by atoms with van der Waals surface area (Å²) in [4.78, 5) is 16.8. The third-order valence-electron chi connectivity index (χ3n) is 5.29. The van der Waals surface area contributed by atoms with E-state index in [-0.39, 0.29) is 11.7 Å². The number of halogens is 1. The Hall–Kier alpha value is -2.92. The average molecular weight is 377 g/mol. The minimum absolute atomic E-state index is 0.0456. The minimum Gasteiger partial charge on any atom is -0.367 e. The summed E-state index contributed by atoms with van der Waals surface area (Å²) in [6.07, 6.45) is 0. The fourth-order valence-corrected chi connectivity index (χ4v) is 3.68. The lowest BCUT2D eigenvalue weighted by Crippen LogP contribution is -2.48. The number of fused-ring (bicyclic) bond motifs is 1. The number of nitrogens with zero attached hydrogens (tertiary/aromatic N) is 2. The number of piperazine rings is 1. The molecule has 0 aromatic heterocycles. The first-order valence-corrected chi connectivity index (χ1v) is 9.69. The van der Waals surface area contributed by atoms with Crippen LogP contribution in [-0.4, -0.2) is 50.1 Å². The molecule has 0 radical (unpaired) electrons. The molecule has 1 fully saturated rings. The molecule has 1 aliphatic heterocycles.